The van der Waals surface area contributed by atoms with Gasteiger partial charge in [-0.2, -0.15) is 0 Å². The van der Waals surface area contributed by atoms with Crippen molar-refractivity contribution in [2.24, 2.45) is 5.73 Å². The summed E-state index contributed by atoms with van der Waals surface area (Å²) in [5, 5.41) is 0. The smallest absolute Gasteiger partial charge is 0.127 e. The summed E-state index contributed by atoms with van der Waals surface area (Å²) in [7, 11) is 0. The van der Waals surface area contributed by atoms with E-state index in [9.17, 15) is 4.39 Å². The molecule has 2 nitrogen and oxygen atoms in total. The lowest BCUT2D eigenvalue weighted by atomic mass is 10.0. The molecule has 3 heteroatoms. The van der Waals surface area contributed by atoms with Crippen LogP contribution in [0.3, 0.4) is 0 Å². The van der Waals surface area contributed by atoms with Crippen LogP contribution in [0.1, 0.15) is 40.8 Å². The quantitative estimate of drug-likeness (QED) is 0.907. The van der Waals surface area contributed by atoms with Gasteiger partial charge in [-0.25, -0.2) is 4.39 Å². The van der Waals surface area contributed by atoms with E-state index in [1.165, 1.54) is 28.8 Å². The fraction of sp³-hybridized carbons (Fsp3) is 0.333. The monoisotopic (exact) mass is 287 g/mol. The number of rotatable bonds is 4. The zero-order valence-corrected chi connectivity index (χ0v) is 13.0. The number of halogens is 1. The van der Waals surface area contributed by atoms with E-state index in [0.29, 0.717) is 12.4 Å². The van der Waals surface area contributed by atoms with Gasteiger partial charge in [0.05, 0.1) is 0 Å². The van der Waals surface area contributed by atoms with Crippen LogP contribution in [0.2, 0.25) is 0 Å². The Labute approximate surface area is 125 Å². The van der Waals surface area contributed by atoms with Crippen LogP contribution in [0.15, 0.2) is 30.3 Å². The minimum Gasteiger partial charge on any atom is -0.488 e. The molecule has 0 aliphatic carbocycles. The average molecular weight is 287 g/mol. The lowest BCUT2D eigenvalue weighted by molar-refractivity contribution is 0.298. The minimum atomic E-state index is -0.313. The number of nitrogens with two attached hydrogens (primary N) is 1. The minimum absolute atomic E-state index is 0.194. The summed E-state index contributed by atoms with van der Waals surface area (Å²) in [6.45, 7) is 8.49. The predicted molar refractivity (Wildman–Crippen MR) is 84.0 cm³/mol. The summed E-state index contributed by atoms with van der Waals surface area (Å²) in [6, 6.07) is 8.56. The first kappa shape index (κ1) is 15.5. The lowest BCUT2D eigenvalue weighted by Gasteiger charge is -2.16. The molecule has 2 N–H and O–H groups in total. The highest BCUT2D eigenvalue weighted by Gasteiger charge is 2.11. The Kier molecular flexibility index (Phi) is 4.63. The maximum Gasteiger partial charge on any atom is 0.127 e. The second kappa shape index (κ2) is 6.27. The molecule has 2 aromatic rings. The normalized spacial score (nSPS) is 12.3. The van der Waals surface area contributed by atoms with E-state index >= 15 is 0 Å². The first-order chi connectivity index (χ1) is 9.88. The molecule has 0 fully saturated rings. The highest BCUT2D eigenvalue weighted by Crippen LogP contribution is 2.27. The largest absolute Gasteiger partial charge is 0.488 e. The SMILES string of the molecule is Cc1cc(C)c(COc2cc(F)ccc2C(C)N)c(C)c1. The number of hydrogen-bond acceptors (Lipinski definition) is 2. The van der Waals surface area contributed by atoms with Gasteiger partial charge < -0.3 is 10.5 Å². The molecular weight excluding hydrogens is 265 g/mol. The fourth-order valence-electron chi connectivity index (χ4n) is 2.60. The van der Waals surface area contributed by atoms with Crippen molar-refractivity contribution in [3.63, 3.8) is 0 Å². The van der Waals surface area contributed by atoms with E-state index in [4.69, 9.17) is 10.5 Å². The molecule has 0 aromatic heterocycles. The van der Waals surface area contributed by atoms with E-state index in [0.717, 1.165) is 11.1 Å². The van der Waals surface area contributed by atoms with Crippen LogP contribution in [0.4, 0.5) is 4.39 Å². The molecule has 0 bridgehead atoms. The molecule has 1 unspecified atom stereocenters. The van der Waals surface area contributed by atoms with Gasteiger partial charge in [0.2, 0.25) is 0 Å². The second-order valence-corrected chi connectivity index (χ2v) is 5.64. The number of benzene rings is 2. The molecule has 0 amide bonds. The summed E-state index contributed by atoms with van der Waals surface area (Å²) in [5.74, 6) is 0.205. The third kappa shape index (κ3) is 3.61. The van der Waals surface area contributed by atoms with Crippen molar-refractivity contribution in [2.75, 3.05) is 0 Å². The maximum absolute atomic E-state index is 13.4. The van der Waals surface area contributed by atoms with Gasteiger partial charge >= 0.3 is 0 Å². The zero-order chi connectivity index (χ0) is 15.6. The van der Waals surface area contributed by atoms with Gasteiger partial charge in [-0.1, -0.05) is 23.8 Å². The van der Waals surface area contributed by atoms with Gasteiger partial charge in [0.15, 0.2) is 0 Å². The van der Waals surface area contributed by atoms with Crippen molar-refractivity contribution in [1.29, 1.82) is 0 Å². The van der Waals surface area contributed by atoms with Crippen LogP contribution in [0.5, 0.6) is 5.75 Å². The van der Waals surface area contributed by atoms with Crippen LogP contribution in [-0.2, 0) is 6.61 Å². The molecule has 21 heavy (non-hydrogen) atoms. The van der Waals surface area contributed by atoms with E-state index < -0.39 is 0 Å². The topological polar surface area (TPSA) is 35.2 Å². The molecular formula is C18H22FNO. The molecule has 2 aromatic carbocycles. The zero-order valence-electron chi connectivity index (χ0n) is 13.0. The maximum atomic E-state index is 13.4. The van der Waals surface area contributed by atoms with Crippen molar-refractivity contribution >= 4 is 0 Å². The Balaban J connectivity index is 2.26. The van der Waals surface area contributed by atoms with Crippen LogP contribution >= 0.6 is 0 Å². The second-order valence-electron chi connectivity index (χ2n) is 5.64. The Bertz CT molecular complexity index is 627. The molecule has 0 saturated carbocycles. The van der Waals surface area contributed by atoms with Crippen LogP contribution in [0.25, 0.3) is 0 Å². The molecule has 0 radical (unpaired) electrons. The van der Waals surface area contributed by atoms with Gasteiger partial charge in [-0.05, 0) is 50.5 Å². The Hall–Kier alpha value is -1.87. The van der Waals surface area contributed by atoms with Gasteiger partial charge in [0, 0.05) is 17.7 Å². The third-order valence-electron chi connectivity index (χ3n) is 3.68. The van der Waals surface area contributed by atoms with Crippen molar-refractivity contribution in [3.05, 3.63) is 64.0 Å². The van der Waals surface area contributed by atoms with Gasteiger partial charge in [-0.15, -0.1) is 0 Å². The highest BCUT2D eigenvalue weighted by atomic mass is 19.1. The standard InChI is InChI=1S/C18H22FNO/c1-11-7-12(2)17(13(3)8-11)10-21-18-9-15(19)5-6-16(18)14(4)20/h5-9,14H,10,20H2,1-4H3. The summed E-state index contributed by atoms with van der Waals surface area (Å²) >= 11 is 0. The summed E-state index contributed by atoms with van der Waals surface area (Å²) in [4.78, 5) is 0. The Morgan fingerprint density at radius 2 is 1.71 bits per heavy atom. The first-order valence-electron chi connectivity index (χ1n) is 7.13. The molecule has 0 spiro atoms. The first-order valence-corrected chi connectivity index (χ1v) is 7.13. The van der Waals surface area contributed by atoms with E-state index in [2.05, 4.69) is 32.9 Å². The van der Waals surface area contributed by atoms with Crippen molar-refractivity contribution in [1.82, 2.24) is 0 Å². The molecule has 112 valence electrons. The molecule has 0 saturated heterocycles. The Morgan fingerprint density at radius 1 is 1.10 bits per heavy atom. The summed E-state index contributed by atoms with van der Waals surface area (Å²) in [6.07, 6.45) is 0. The fourth-order valence-corrected chi connectivity index (χ4v) is 2.60. The molecule has 1 atom stereocenters. The molecule has 0 heterocycles. The average Bonchev–Trinajstić information content (AvgIpc) is 2.37. The number of hydrogen-bond donors (Lipinski definition) is 1. The van der Waals surface area contributed by atoms with Gasteiger partial charge in [0.25, 0.3) is 0 Å². The number of aryl methyl sites for hydroxylation is 3. The third-order valence-corrected chi connectivity index (χ3v) is 3.68. The molecule has 0 aliphatic rings. The van der Waals surface area contributed by atoms with Crippen molar-refractivity contribution in [2.45, 2.75) is 40.3 Å². The van der Waals surface area contributed by atoms with Crippen molar-refractivity contribution in [3.8, 4) is 5.75 Å². The van der Waals surface area contributed by atoms with Gasteiger partial charge in [-0.3, -0.25) is 0 Å². The van der Waals surface area contributed by atoms with Crippen molar-refractivity contribution < 1.29 is 9.13 Å². The van der Waals surface area contributed by atoms with E-state index in [1.54, 1.807) is 6.07 Å². The van der Waals surface area contributed by atoms with Gasteiger partial charge in [0.1, 0.15) is 18.2 Å². The highest BCUT2D eigenvalue weighted by molar-refractivity contribution is 5.39. The summed E-state index contributed by atoms with van der Waals surface area (Å²) < 4.78 is 19.3. The Morgan fingerprint density at radius 3 is 2.29 bits per heavy atom. The lowest BCUT2D eigenvalue weighted by Crippen LogP contribution is -2.09. The predicted octanol–water partition coefficient (Wildman–Crippen LogP) is 4.35. The number of ether oxygens (including phenoxy) is 1. The van der Waals surface area contributed by atoms with Crippen LogP contribution in [-0.4, -0.2) is 0 Å². The van der Waals surface area contributed by atoms with Crippen LogP contribution < -0.4 is 10.5 Å². The summed E-state index contributed by atoms with van der Waals surface area (Å²) in [5.41, 5.74) is 11.5. The van der Waals surface area contributed by atoms with E-state index in [-0.39, 0.29) is 11.9 Å². The van der Waals surface area contributed by atoms with Crippen LogP contribution in [0, 0.1) is 26.6 Å². The van der Waals surface area contributed by atoms with E-state index in [1.807, 2.05) is 6.92 Å². The molecule has 2 rings (SSSR count). The molecule has 0 aliphatic heterocycles.